The van der Waals surface area contributed by atoms with E-state index in [0.717, 1.165) is 11.1 Å². The second-order valence-corrected chi connectivity index (χ2v) is 7.87. The van der Waals surface area contributed by atoms with Crippen LogP contribution in [0.2, 0.25) is 5.02 Å². The number of halogens is 1. The molecule has 2 heterocycles. The van der Waals surface area contributed by atoms with E-state index in [-0.39, 0.29) is 12.5 Å². The molecule has 0 saturated carbocycles. The quantitative estimate of drug-likeness (QED) is 0.430. The summed E-state index contributed by atoms with van der Waals surface area (Å²) in [5.74, 6) is -0.751. The molecule has 8 heteroatoms. The van der Waals surface area contributed by atoms with Crippen molar-refractivity contribution in [1.29, 1.82) is 0 Å². The van der Waals surface area contributed by atoms with Crippen molar-refractivity contribution in [3.63, 3.8) is 0 Å². The maximum Gasteiger partial charge on any atom is 0.255 e. The van der Waals surface area contributed by atoms with Gasteiger partial charge in [-0.25, -0.2) is 0 Å². The van der Waals surface area contributed by atoms with Crippen molar-refractivity contribution in [1.82, 2.24) is 20.1 Å². The van der Waals surface area contributed by atoms with Crippen LogP contribution in [0.1, 0.15) is 21.5 Å². The Morgan fingerprint density at radius 3 is 2.61 bits per heavy atom. The molecule has 0 radical (unpaired) electrons. The van der Waals surface area contributed by atoms with Crippen LogP contribution in [-0.2, 0) is 11.3 Å². The number of rotatable bonds is 7. The van der Waals surface area contributed by atoms with Crippen molar-refractivity contribution in [2.75, 3.05) is 11.9 Å². The zero-order valence-corrected chi connectivity index (χ0v) is 18.7. The first-order valence-corrected chi connectivity index (χ1v) is 10.7. The number of aromatic nitrogens is 3. The molecule has 0 saturated heterocycles. The first-order chi connectivity index (χ1) is 16.0. The van der Waals surface area contributed by atoms with Gasteiger partial charge in [0.05, 0.1) is 18.7 Å². The standard InChI is InChI=1S/C25H22ClN5O2/c1-17-21(26)10-5-11-22(17)29-23(32)14-28-25(33)20-16-31(15-18-7-3-2-4-8-18)30-24(20)19-9-6-12-27-13-19/h2-13,16H,14-15H2,1H3,(H,28,33)(H,29,32). The summed E-state index contributed by atoms with van der Waals surface area (Å²) in [5, 5.41) is 10.6. The Balaban J connectivity index is 1.51. The van der Waals surface area contributed by atoms with Crippen LogP contribution in [0.15, 0.2) is 79.3 Å². The molecular formula is C25H22ClN5O2. The first-order valence-electron chi connectivity index (χ1n) is 10.4. The number of carbonyl (C=O) groups is 2. The Kier molecular flexibility index (Phi) is 6.80. The lowest BCUT2D eigenvalue weighted by atomic mass is 10.1. The summed E-state index contributed by atoms with van der Waals surface area (Å²) in [4.78, 5) is 29.5. The van der Waals surface area contributed by atoms with Gasteiger partial charge in [-0.15, -0.1) is 0 Å². The smallest absolute Gasteiger partial charge is 0.255 e. The Bertz CT molecular complexity index is 1270. The third-order valence-corrected chi connectivity index (χ3v) is 5.49. The SMILES string of the molecule is Cc1c(Cl)cccc1NC(=O)CNC(=O)c1cn(Cc2ccccc2)nc1-c1cccnc1. The molecule has 0 aliphatic heterocycles. The maximum absolute atomic E-state index is 13.0. The Hall–Kier alpha value is -3.97. The van der Waals surface area contributed by atoms with Crippen molar-refractivity contribution in [2.24, 2.45) is 0 Å². The molecule has 166 valence electrons. The van der Waals surface area contributed by atoms with Gasteiger partial charge in [-0.3, -0.25) is 19.3 Å². The highest BCUT2D eigenvalue weighted by Crippen LogP contribution is 2.23. The number of anilines is 1. The van der Waals surface area contributed by atoms with Crippen LogP contribution in [0.3, 0.4) is 0 Å². The van der Waals surface area contributed by atoms with Crippen LogP contribution >= 0.6 is 11.6 Å². The normalized spacial score (nSPS) is 10.6. The molecule has 7 nitrogen and oxygen atoms in total. The van der Waals surface area contributed by atoms with Crippen molar-refractivity contribution < 1.29 is 9.59 Å². The molecule has 0 unspecified atom stereocenters. The zero-order valence-electron chi connectivity index (χ0n) is 18.0. The largest absolute Gasteiger partial charge is 0.343 e. The molecule has 4 rings (SSSR count). The lowest BCUT2D eigenvalue weighted by Crippen LogP contribution is -2.33. The number of amides is 2. The van der Waals surface area contributed by atoms with Crippen LogP contribution in [0.25, 0.3) is 11.3 Å². The van der Waals surface area contributed by atoms with Gasteiger partial charge in [-0.2, -0.15) is 5.10 Å². The molecular weight excluding hydrogens is 438 g/mol. The second kappa shape index (κ2) is 10.1. The van der Waals surface area contributed by atoms with Gasteiger partial charge < -0.3 is 10.6 Å². The Labute approximate surface area is 196 Å². The topological polar surface area (TPSA) is 88.9 Å². The van der Waals surface area contributed by atoms with Crippen LogP contribution in [0.5, 0.6) is 0 Å². The number of hydrogen-bond donors (Lipinski definition) is 2. The van der Waals surface area contributed by atoms with Gasteiger partial charge in [0.15, 0.2) is 0 Å². The number of hydrogen-bond acceptors (Lipinski definition) is 4. The van der Waals surface area contributed by atoms with Gasteiger partial charge in [0, 0.05) is 34.9 Å². The number of nitrogens with one attached hydrogen (secondary N) is 2. The van der Waals surface area contributed by atoms with Crippen LogP contribution in [-0.4, -0.2) is 33.1 Å². The van der Waals surface area contributed by atoms with Gasteiger partial charge in [0.2, 0.25) is 5.91 Å². The summed E-state index contributed by atoms with van der Waals surface area (Å²) in [6.45, 7) is 2.13. The van der Waals surface area contributed by atoms with Gasteiger partial charge in [0.1, 0.15) is 5.69 Å². The minimum absolute atomic E-state index is 0.193. The van der Waals surface area contributed by atoms with Crippen molar-refractivity contribution in [2.45, 2.75) is 13.5 Å². The molecule has 0 bridgehead atoms. The lowest BCUT2D eigenvalue weighted by Gasteiger charge is -2.10. The van der Waals surface area contributed by atoms with Crippen LogP contribution < -0.4 is 10.6 Å². The summed E-state index contributed by atoms with van der Waals surface area (Å²) < 4.78 is 1.71. The Morgan fingerprint density at radius 2 is 1.85 bits per heavy atom. The van der Waals surface area contributed by atoms with E-state index < -0.39 is 5.91 Å². The van der Waals surface area contributed by atoms with Crippen molar-refractivity contribution in [3.8, 4) is 11.3 Å². The van der Waals surface area contributed by atoms with Crippen LogP contribution in [0.4, 0.5) is 5.69 Å². The average molecular weight is 460 g/mol. The van der Waals surface area contributed by atoms with E-state index in [9.17, 15) is 9.59 Å². The molecule has 0 atom stereocenters. The number of carbonyl (C=O) groups excluding carboxylic acids is 2. The molecule has 2 aromatic heterocycles. The number of benzene rings is 2. The summed E-state index contributed by atoms with van der Waals surface area (Å²) in [7, 11) is 0. The van der Waals surface area contributed by atoms with E-state index >= 15 is 0 Å². The summed E-state index contributed by atoms with van der Waals surface area (Å²) in [5.41, 5.74) is 4.01. The minimum atomic E-state index is -0.397. The highest BCUT2D eigenvalue weighted by atomic mass is 35.5. The molecule has 2 N–H and O–H groups in total. The summed E-state index contributed by atoms with van der Waals surface area (Å²) >= 11 is 6.11. The third-order valence-electron chi connectivity index (χ3n) is 5.08. The van der Waals surface area contributed by atoms with Crippen LogP contribution in [0, 0.1) is 6.92 Å². The molecule has 33 heavy (non-hydrogen) atoms. The predicted molar refractivity (Wildman–Crippen MR) is 128 cm³/mol. The fraction of sp³-hybridized carbons (Fsp3) is 0.120. The highest BCUT2D eigenvalue weighted by Gasteiger charge is 2.19. The average Bonchev–Trinajstić information content (AvgIpc) is 3.25. The third kappa shape index (κ3) is 5.45. The minimum Gasteiger partial charge on any atom is -0.343 e. The molecule has 2 aromatic carbocycles. The van der Waals surface area contributed by atoms with Crippen molar-refractivity contribution >= 4 is 29.1 Å². The van der Waals surface area contributed by atoms with Gasteiger partial charge in [0.25, 0.3) is 5.91 Å². The number of pyridine rings is 1. The van der Waals surface area contributed by atoms with E-state index in [1.165, 1.54) is 0 Å². The summed E-state index contributed by atoms with van der Waals surface area (Å²) in [6, 6.07) is 18.7. The highest BCUT2D eigenvalue weighted by molar-refractivity contribution is 6.31. The molecule has 0 aliphatic carbocycles. The summed E-state index contributed by atoms with van der Waals surface area (Å²) in [6.07, 6.45) is 5.00. The Morgan fingerprint density at radius 1 is 1.03 bits per heavy atom. The molecule has 0 aliphatic rings. The van der Waals surface area contributed by atoms with Gasteiger partial charge in [-0.05, 0) is 42.3 Å². The first kappa shape index (κ1) is 22.2. The molecule has 4 aromatic rings. The van der Waals surface area contributed by atoms with E-state index in [0.29, 0.717) is 34.1 Å². The van der Waals surface area contributed by atoms with Crippen molar-refractivity contribution in [3.05, 3.63) is 101 Å². The monoisotopic (exact) mass is 459 g/mol. The number of nitrogens with zero attached hydrogens (tertiary/aromatic N) is 3. The zero-order chi connectivity index (χ0) is 23.2. The lowest BCUT2D eigenvalue weighted by molar-refractivity contribution is -0.115. The molecule has 0 fully saturated rings. The fourth-order valence-electron chi connectivity index (χ4n) is 3.35. The fourth-order valence-corrected chi connectivity index (χ4v) is 3.52. The van der Waals surface area contributed by atoms with E-state index in [1.54, 1.807) is 47.5 Å². The predicted octanol–water partition coefficient (Wildman–Crippen LogP) is 4.32. The van der Waals surface area contributed by atoms with E-state index in [4.69, 9.17) is 11.6 Å². The molecule has 0 spiro atoms. The van der Waals surface area contributed by atoms with E-state index in [1.807, 2.05) is 43.3 Å². The van der Waals surface area contributed by atoms with Gasteiger partial charge in [-0.1, -0.05) is 48.0 Å². The van der Waals surface area contributed by atoms with E-state index in [2.05, 4.69) is 20.7 Å². The van der Waals surface area contributed by atoms with Gasteiger partial charge >= 0.3 is 0 Å². The second-order valence-electron chi connectivity index (χ2n) is 7.46. The maximum atomic E-state index is 13.0. The molecule has 2 amide bonds.